The summed E-state index contributed by atoms with van der Waals surface area (Å²) in [6, 6.07) is 10.9. The summed E-state index contributed by atoms with van der Waals surface area (Å²) in [6.45, 7) is 4.96. The monoisotopic (exact) mass is 472 g/mol. The minimum atomic E-state index is 0. The molecule has 1 aromatic carbocycles. The molecular weight excluding hydrogens is 443 g/mol. The van der Waals surface area contributed by atoms with Crippen LogP contribution < -0.4 is 11.1 Å². The zero-order chi connectivity index (χ0) is 17.5. The Morgan fingerprint density at radius 3 is 2.28 bits per heavy atom. The van der Waals surface area contributed by atoms with E-state index in [4.69, 9.17) is 5.73 Å². The molecule has 0 aliphatic rings. The number of thiophene rings is 1. The van der Waals surface area contributed by atoms with Crippen molar-refractivity contribution in [1.29, 1.82) is 0 Å². The number of aryl methyl sites for hydroxylation is 2. The maximum Gasteiger partial charge on any atom is 0.193 e. The van der Waals surface area contributed by atoms with Crippen molar-refractivity contribution >= 4 is 47.0 Å². The molecule has 25 heavy (non-hydrogen) atoms. The summed E-state index contributed by atoms with van der Waals surface area (Å²) in [5, 5.41) is 5.43. The third-order valence-corrected chi connectivity index (χ3v) is 5.15. The topological polar surface area (TPSA) is 53.6 Å². The number of likely N-dealkylation sites (N-methyl/N-ethyl adjacent to an activating group) is 1. The fraction of sp³-hybridized carbons (Fsp3) is 0.421. The van der Waals surface area contributed by atoms with Gasteiger partial charge in [0.25, 0.3) is 0 Å². The van der Waals surface area contributed by atoms with Gasteiger partial charge in [0.2, 0.25) is 0 Å². The Morgan fingerprint density at radius 1 is 1.16 bits per heavy atom. The van der Waals surface area contributed by atoms with Gasteiger partial charge in [-0.25, -0.2) is 0 Å². The van der Waals surface area contributed by atoms with E-state index in [0.717, 1.165) is 18.5 Å². The maximum absolute atomic E-state index is 6.18. The third kappa shape index (κ3) is 5.97. The molecule has 0 aliphatic heterocycles. The number of hydrogen-bond donors (Lipinski definition) is 2. The lowest BCUT2D eigenvalue weighted by atomic mass is 10.0. The van der Waals surface area contributed by atoms with E-state index in [1.165, 1.54) is 16.0 Å². The molecule has 0 fully saturated rings. The van der Waals surface area contributed by atoms with Crippen LogP contribution in [0.15, 0.2) is 40.7 Å². The third-order valence-electron chi connectivity index (χ3n) is 4.18. The second kappa shape index (κ2) is 10.8. The average molecular weight is 472 g/mol. The summed E-state index contributed by atoms with van der Waals surface area (Å²) in [6.07, 6.45) is 1.94. The van der Waals surface area contributed by atoms with Gasteiger partial charge in [-0.1, -0.05) is 38.1 Å². The van der Waals surface area contributed by atoms with Gasteiger partial charge in [0.05, 0.1) is 12.6 Å². The van der Waals surface area contributed by atoms with Crippen LogP contribution in [0.1, 0.15) is 35.9 Å². The van der Waals surface area contributed by atoms with Gasteiger partial charge >= 0.3 is 0 Å². The zero-order valence-corrected chi connectivity index (χ0v) is 18.6. The van der Waals surface area contributed by atoms with Crippen molar-refractivity contribution in [3.05, 3.63) is 51.7 Å². The molecule has 0 saturated heterocycles. The molecule has 0 spiro atoms. The van der Waals surface area contributed by atoms with E-state index in [9.17, 15) is 0 Å². The number of nitrogens with two attached hydrogens (primary N) is 1. The predicted octanol–water partition coefficient (Wildman–Crippen LogP) is 4.52. The minimum absolute atomic E-state index is 0. The van der Waals surface area contributed by atoms with Gasteiger partial charge in [0.15, 0.2) is 5.96 Å². The fourth-order valence-corrected chi connectivity index (χ4v) is 3.66. The second-order valence-electron chi connectivity index (χ2n) is 6.00. The summed E-state index contributed by atoms with van der Waals surface area (Å²) in [4.78, 5) is 8.08. The Hall–Kier alpha value is -1.12. The van der Waals surface area contributed by atoms with E-state index >= 15 is 0 Å². The summed E-state index contributed by atoms with van der Waals surface area (Å²) in [5.74, 6) is 0.481. The van der Waals surface area contributed by atoms with Crippen molar-refractivity contribution in [1.82, 2.24) is 4.90 Å². The normalized spacial score (nSPS) is 12.8. The van der Waals surface area contributed by atoms with Gasteiger partial charge in [0, 0.05) is 10.6 Å². The van der Waals surface area contributed by atoms with Gasteiger partial charge in [-0.2, -0.15) is 0 Å². The molecule has 0 aliphatic carbocycles. The lowest BCUT2D eigenvalue weighted by molar-refractivity contribution is 0.311. The van der Waals surface area contributed by atoms with Crippen molar-refractivity contribution in [3.8, 4) is 0 Å². The van der Waals surface area contributed by atoms with Gasteiger partial charge < -0.3 is 16.0 Å². The Labute approximate surface area is 172 Å². The second-order valence-corrected chi connectivity index (χ2v) is 6.98. The highest BCUT2D eigenvalue weighted by Crippen LogP contribution is 2.24. The summed E-state index contributed by atoms with van der Waals surface area (Å²) >= 11 is 1.75. The number of benzene rings is 1. The molecule has 1 aromatic heterocycles. The van der Waals surface area contributed by atoms with Crippen LogP contribution >= 0.6 is 35.3 Å². The fourth-order valence-electron chi connectivity index (χ4n) is 2.74. The van der Waals surface area contributed by atoms with Gasteiger partial charge in [-0.05, 0) is 49.5 Å². The lowest BCUT2D eigenvalue weighted by Crippen LogP contribution is -2.27. The number of guanidine groups is 1. The number of nitrogens with zero attached hydrogens (tertiary/aromatic N) is 2. The van der Waals surface area contributed by atoms with Crippen molar-refractivity contribution in [3.63, 3.8) is 0 Å². The molecule has 4 nitrogen and oxygen atoms in total. The quantitative estimate of drug-likeness (QED) is 0.354. The molecule has 0 amide bonds. The molecule has 0 bridgehead atoms. The van der Waals surface area contributed by atoms with Crippen LogP contribution in [0.4, 0.5) is 5.69 Å². The number of nitrogens with one attached hydrogen (secondary N) is 1. The van der Waals surface area contributed by atoms with Gasteiger partial charge in [0.1, 0.15) is 0 Å². The standard InChI is InChI=1S/C19H28N4S.HI/c1-5-14-9-7-10-15(6-2)18(14)22-19(20)21-13-16(23(3)4)17-11-8-12-24-17;/h7-12,16H,5-6,13H2,1-4H3,(H3,20,21,22);1H. The zero-order valence-electron chi connectivity index (χ0n) is 15.5. The Bertz CT molecular complexity index is 646. The minimum Gasteiger partial charge on any atom is -0.370 e. The first-order chi connectivity index (χ1) is 11.6. The summed E-state index contributed by atoms with van der Waals surface area (Å²) in [7, 11) is 4.15. The van der Waals surface area contributed by atoms with E-state index in [1.807, 2.05) is 0 Å². The van der Waals surface area contributed by atoms with Gasteiger partial charge in [-0.3, -0.25) is 4.99 Å². The molecule has 6 heteroatoms. The largest absolute Gasteiger partial charge is 0.370 e. The van der Waals surface area contributed by atoms with Crippen molar-refractivity contribution in [2.24, 2.45) is 10.7 Å². The maximum atomic E-state index is 6.18. The first kappa shape index (κ1) is 21.9. The number of anilines is 1. The SMILES string of the molecule is CCc1cccc(CC)c1NC(N)=NCC(c1cccs1)N(C)C.I. The number of hydrogen-bond acceptors (Lipinski definition) is 3. The van der Waals surface area contributed by atoms with E-state index in [2.05, 4.69) is 78.9 Å². The predicted molar refractivity (Wildman–Crippen MR) is 121 cm³/mol. The van der Waals surface area contributed by atoms with E-state index in [0.29, 0.717) is 12.5 Å². The van der Waals surface area contributed by atoms with E-state index in [1.54, 1.807) is 11.3 Å². The number of halogens is 1. The Kier molecular flexibility index (Phi) is 9.45. The molecule has 1 atom stereocenters. The first-order valence-electron chi connectivity index (χ1n) is 8.44. The van der Waals surface area contributed by atoms with Crippen LogP contribution in [0.25, 0.3) is 0 Å². The van der Waals surface area contributed by atoms with Crippen LogP contribution in [0.3, 0.4) is 0 Å². The number of rotatable bonds is 7. The highest BCUT2D eigenvalue weighted by Gasteiger charge is 2.15. The van der Waals surface area contributed by atoms with Crippen LogP contribution in [-0.2, 0) is 12.8 Å². The van der Waals surface area contributed by atoms with Crippen molar-refractivity contribution in [2.75, 3.05) is 26.0 Å². The molecule has 0 saturated carbocycles. The van der Waals surface area contributed by atoms with Gasteiger partial charge in [-0.15, -0.1) is 35.3 Å². The first-order valence-corrected chi connectivity index (χ1v) is 9.32. The van der Waals surface area contributed by atoms with E-state index in [-0.39, 0.29) is 30.0 Å². The molecule has 1 unspecified atom stereocenters. The number of aliphatic imine (C=N–C) groups is 1. The highest BCUT2D eigenvalue weighted by atomic mass is 127. The molecule has 1 heterocycles. The molecule has 2 aromatic rings. The average Bonchev–Trinajstić information content (AvgIpc) is 3.09. The lowest BCUT2D eigenvalue weighted by Gasteiger charge is -2.22. The van der Waals surface area contributed by atoms with Crippen LogP contribution in [0.2, 0.25) is 0 Å². The van der Waals surface area contributed by atoms with Crippen LogP contribution in [-0.4, -0.2) is 31.5 Å². The van der Waals surface area contributed by atoms with Crippen LogP contribution in [0, 0.1) is 0 Å². The molecule has 138 valence electrons. The molecule has 2 rings (SSSR count). The molecular formula is C19H29IN4S. The summed E-state index contributed by atoms with van der Waals surface area (Å²) < 4.78 is 0. The number of para-hydroxylation sites is 1. The smallest absolute Gasteiger partial charge is 0.193 e. The molecule has 3 N–H and O–H groups in total. The Morgan fingerprint density at radius 2 is 1.80 bits per heavy atom. The van der Waals surface area contributed by atoms with E-state index < -0.39 is 0 Å². The summed E-state index contributed by atoms with van der Waals surface area (Å²) in [5.41, 5.74) is 9.84. The highest BCUT2D eigenvalue weighted by molar-refractivity contribution is 14.0. The van der Waals surface area contributed by atoms with Crippen molar-refractivity contribution in [2.45, 2.75) is 32.7 Å². The van der Waals surface area contributed by atoms with Crippen molar-refractivity contribution < 1.29 is 0 Å². The molecule has 0 radical (unpaired) electrons. The Balaban J connectivity index is 0.00000312. The van der Waals surface area contributed by atoms with Crippen LogP contribution in [0.5, 0.6) is 0 Å².